The summed E-state index contributed by atoms with van der Waals surface area (Å²) in [5, 5.41) is 0. The highest BCUT2D eigenvalue weighted by atomic mass is 16.7. The molecule has 0 spiro atoms. The summed E-state index contributed by atoms with van der Waals surface area (Å²) in [5.41, 5.74) is 0. The van der Waals surface area contributed by atoms with Crippen LogP contribution in [0.15, 0.2) is 0 Å². The van der Waals surface area contributed by atoms with Crippen LogP contribution < -0.4 is 0 Å². The molecule has 0 aromatic carbocycles. The molecule has 0 aromatic heterocycles. The molecule has 0 atom stereocenters. The Hall–Kier alpha value is -0.120. The molecule has 3 heteroatoms. The van der Waals surface area contributed by atoms with Gasteiger partial charge in [-0.25, -0.2) is 0 Å². The van der Waals surface area contributed by atoms with Gasteiger partial charge in [0.2, 0.25) is 0 Å². The normalized spacial score (nSPS) is 18.9. The van der Waals surface area contributed by atoms with Gasteiger partial charge in [0.1, 0.15) is 0 Å². The van der Waals surface area contributed by atoms with Crippen LogP contribution in [0.3, 0.4) is 0 Å². The summed E-state index contributed by atoms with van der Waals surface area (Å²) in [4.78, 5) is 2.51. The van der Waals surface area contributed by atoms with Crippen molar-refractivity contribution in [3.63, 3.8) is 0 Å². The highest BCUT2D eigenvalue weighted by Gasteiger charge is 2.17. The summed E-state index contributed by atoms with van der Waals surface area (Å²) in [7, 11) is 0. The summed E-state index contributed by atoms with van der Waals surface area (Å²) in [6.07, 6.45) is 2.06. The smallest absolute Gasteiger partial charge is 0.158 e. The van der Waals surface area contributed by atoms with Gasteiger partial charge in [-0.15, -0.1) is 0 Å². The molecule has 0 amide bonds. The molecule has 0 N–H and O–H groups in total. The third kappa shape index (κ3) is 5.28. The van der Waals surface area contributed by atoms with Gasteiger partial charge < -0.3 is 14.4 Å². The third-order valence-electron chi connectivity index (χ3n) is 2.88. The van der Waals surface area contributed by atoms with Crippen LogP contribution in [0.1, 0.15) is 40.5 Å². The second-order valence-corrected chi connectivity index (χ2v) is 5.30. The molecule has 96 valence electrons. The molecule has 1 heterocycles. The Morgan fingerprint density at radius 3 is 2.25 bits per heavy atom. The van der Waals surface area contributed by atoms with E-state index in [1.165, 1.54) is 0 Å². The average Bonchev–Trinajstić information content (AvgIpc) is 2.25. The monoisotopic (exact) mass is 229 g/mol. The van der Waals surface area contributed by atoms with E-state index in [2.05, 4.69) is 32.6 Å². The van der Waals surface area contributed by atoms with E-state index in [1.807, 2.05) is 0 Å². The molecule has 0 aromatic rings. The van der Waals surface area contributed by atoms with E-state index in [0.717, 1.165) is 45.1 Å². The lowest BCUT2D eigenvalue weighted by Gasteiger charge is -2.31. The zero-order chi connectivity index (χ0) is 12.0. The van der Waals surface area contributed by atoms with Gasteiger partial charge in [-0.3, -0.25) is 0 Å². The lowest BCUT2D eigenvalue weighted by molar-refractivity contribution is -0.183. The first-order valence-electron chi connectivity index (χ1n) is 6.57. The van der Waals surface area contributed by atoms with Gasteiger partial charge in [0.25, 0.3) is 0 Å². The van der Waals surface area contributed by atoms with Crippen molar-refractivity contribution in [1.82, 2.24) is 4.90 Å². The van der Waals surface area contributed by atoms with Crippen molar-refractivity contribution in [3.8, 4) is 0 Å². The SMILES string of the molecule is CC(C)CN(CCC1OCCCO1)C(C)C. The maximum atomic E-state index is 5.56. The lowest BCUT2D eigenvalue weighted by Crippen LogP contribution is -2.37. The fraction of sp³-hybridized carbons (Fsp3) is 1.00. The molecular formula is C13H27NO2. The van der Waals surface area contributed by atoms with Crippen LogP contribution in [0.4, 0.5) is 0 Å². The molecule has 0 aliphatic carbocycles. The summed E-state index contributed by atoms with van der Waals surface area (Å²) >= 11 is 0. The van der Waals surface area contributed by atoms with Gasteiger partial charge in [-0.2, -0.15) is 0 Å². The first-order valence-corrected chi connectivity index (χ1v) is 6.57. The van der Waals surface area contributed by atoms with Crippen molar-refractivity contribution in [3.05, 3.63) is 0 Å². The second kappa shape index (κ2) is 7.25. The Balaban J connectivity index is 2.25. The van der Waals surface area contributed by atoms with Crippen molar-refractivity contribution in [2.24, 2.45) is 5.92 Å². The van der Waals surface area contributed by atoms with Gasteiger partial charge in [0.15, 0.2) is 6.29 Å². The van der Waals surface area contributed by atoms with Crippen molar-refractivity contribution in [2.75, 3.05) is 26.3 Å². The molecule has 1 fully saturated rings. The number of hydrogen-bond acceptors (Lipinski definition) is 3. The summed E-state index contributed by atoms with van der Waals surface area (Å²) in [6.45, 7) is 13.0. The standard InChI is InChI=1S/C13H27NO2/c1-11(2)10-14(12(3)4)7-6-13-15-8-5-9-16-13/h11-13H,5-10H2,1-4H3. The van der Waals surface area contributed by atoms with E-state index in [1.54, 1.807) is 0 Å². The molecule has 0 saturated carbocycles. The average molecular weight is 229 g/mol. The first kappa shape index (κ1) is 13.9. The molecule has 0 radical (unpaired) electrons. The number of nitrogens with zero attached hydrogens (tertiary/aromatic N) is 1. The fourth-order valence-corrected chi connectivity index (χ4v) is 2.00. The Morgan fingerprint density at radius 2 is 1.75 bits per heavy atom. The maximum Gasteiger partial charge on any atom is 0.158 e. The van der Waals surface area contributed by atoms with Crippen LogP contribution in [0.2, 0.25) is 0 Å². The van der Waals surface area contributed by atoms with Crippen molar-refractivity contribution in [1.29, 1.82) is 0 Å². The molecular weight excluding hydrogens is 202 g/mol. The molecule has 3 nitrogen and oxygen atoms in total. The minimum Gasteiger partial charge on any atom is -0.353 e. The van der Waals surface area contributed by atoms with E-state index in [-0.39, 0.29) is 6.29 Å². The van der Waals surface area contributed by atoms with Gasteiger partial charge >= 0.3 is 0 Å². The fourth-order valence-electron chi connectivity index (χ4n) is 2.00. The summed E-state index contributed by atoms with van der Waals surface area (Å²) in [5.74, 6) is 0.718. The highest BCUT2D eigenvalue weighted by Crippen LogP contribution is 2.11. The van der Waals surface area contributed by atoms with Crippen molar-refractivity contribution in [2.45, 2.75) is 52.9 Å². The maximum absolute atomic E-state index is 5.56. The van der Waals surface area contributed by atoms with Crippen molar-refractivity contribution < 1.29 is 9.47 Å². The molecule has 16 heavy (non-hydrogen) atoms. The molecule has 1 rings (SSSR count). The quantitative estimate of drug-likeness (QED) is 0.698. The Kier molecular flexibility index (Phi) is 6.32. The summed E-state index contributed by atoms with van der Waals surface area (Å²) in [6, 6.07) is 0.603. The van der Waals surface area contributed by atoms with E-state index in [0.29, 0.717) is 6.04 Å². The van der Waals surface area contributed by atoms with E-state index >= 15 is 0 Å². The van der Waals surface area contributed by atoms with E-state index < -0.39 is 0 Å². The van der Waals surface area contributed by atoms with Crippen LogP contribution in [0, 0.1) is 5.92 Å². The van der Waals surface area contributed by atoms with Gasteiger partial charge in [-0.05, 0) is 26.2 Å². The molecule has 0 bridgehead atoms. The Labute approximate surface area is 100 Å². The number of hydrogen-bond donors (Lipinski definition) is 0. The zero-order valence-electron chi connectivity index (χ0n) is 11.2. The van der Waals surface area contributed by atoms with Gasteiger partial charge in [0, 0.05) is 25.6 Å². The molecule has 0 unspecified atom stereocenters. The molecule has 1 saturated heterocycles. The summed E-state index contributed by atoms with van der Waals surface area (Å²) < 4.78 is 11.1. The van der Waals surface area contributed by atoms with Crippen LogP contribution in [0.5, 0.6) is 0 Å². The zero-order valence-corrected chi connectivity index (χ0v) is 11.2. The predicted molar refractivity (Wildman–Crippen MR) is 66.5 cm³/mol. The Bertz CT molecular complexity index is 177. The predicted octanol–water partition coefficient (Wildman–Crippen LogP) is 2.51. The van der Waals surface area contributed by atoms with Gasteiger partial charge in [0.05, 0.1) is 13.2 Å². The van der Waals surface area contributed by atoms with E-state index in [9.17, 15) is 0 Å². The van der Waals surface area contributed by atoms with Crippen LogP contribution >= 0.6 is 0 Å². The largest absolute Gasteiger partial charge is 0.353 e. The Morgan fingerprint density at radius 1 is 1.12 bits per heavy atom. The number of rotatable bonds is 6. The minimum atomic E-state index is 0.0298. The van der Waals surface area contributed by atoms with Gasteiger partial charge in [-0.1, -0.05) is 13.8 Å². The van der Waals surface area contributed by atoms with Crippen LogP contribution in [0.25, 0.3) is 0 Å². The van der Waals surface area contributed by atoms with Crippen molar-refractivity contribution >= 4 is 0 Å². The highest BCUT2D eigenvalue weighted by molar-refractivity contribution is 4.66. The second-order valence-electron chi connectivity index (χ2n) is 5.30. The topological polar surface area (TPSA) is 21.7 Å². The third-order valence-corrected chi connectivity index (χ3v) is 2.88. The molecule has 1 aliphatic heterocycles. The van der Waals surface area contributed by atoms with E-state index in [4.69, 9.17) is 9.47 Å². The number of ether oxygens (including phenoxy) is 2. The lowest BCUT2D eigenvalue weighted by atomic mass is 10.1. The minimum absolute atomic E-state index is 0.0298. The molecule has 1 aliphatic rings. The van der Waals surface area contributed by atoms with Crippen LogP contribution in [-0.2, 0) is 9.47 Å². The van der Waals surface area contributed by atoms with Crippen LogP contribution in [-0.4, -0.2) is 43.5 Å². The first-order chi connectivity index (χ1) is 7.59.